The number of hydrogen-bond donors (Lipinski definition) is 2. The largest absolute Gasteiger partial charge is 0.352 e. The van der Waals surface area contributed by atoms with Gasteiger partial charge >= 0.3 is 6.03 Å². The smallest absolute Gasteiger partial charge is 0.312 e. The molecule has 1 saturated heterocycles. The van der Waals surface area contributed by atoms with Crippen molar-refractivity contribution >= 4 is 45.2 Å². The molecule has 11 heteroatoms. The van der Waals surface area contributed by atoms with E-state index in [1.807, 2.05) is 30.3 Å². The molecule has 3 amide bonds. The molecule has 166 valence electrons. The van der Waals surface area contributed by atoms with Gasteiger partial charge in [0.25, 0.3) is 0 Å². The molecule has 1 unspecified atom stereocenters. The molecule has 0 spiro atoms. The number of nitrogens with two attached hydrogens (primary N) is 1. The Morgan fingerprint density at radius 1 is 1.03 bits per heavy atom. The SMILES string of the molecule is NC(=O)NC(Cc1ccccc1)C(=O)N1CCN(S(=O)(=O)c2cc(Cl)ccc2Cl)CC1. The van der Waals surface area contributed by atoms with Crippen molar-refractivity contribution in [3.63, 3.8) is 0 Å². The summed E-state index contributed by atoms with van der Waals surface area (Å²) in [6, 6.07) is 11.8. The number of amides is 3. The highest BCUT2D eigenvalue weighted by molar-refractivity contribution is 7.89. The minimum Gasteiger partial charge on any atom is -0.352 e. The number of urea groups is 1. The molecule has 2 aromatic rings. The molecule has 3 rings (SSSR count). The molecule has 1 heterocycles. The molecule has 1 atom stereocenters. The van der Waals surface area contributed by atoms with E-state index in [0.717, 1.165) is 5.56 Å². The van der Waals surface area contributed by atoms with Crippen molar-refractivity contribution in [3.05, 3.63) is 64.1 Å². The van der Waals surface area contributed by atoms with Crippen LogP contribution in [0.4, 0.5) is 4.79 Å². The highest BCUT2D eigenvalue weighted by Crippen LogP contribution is 2.28. The minimum absolute atomic E-state index is 0.0706. The Balaban J connectivity index is 1.70. The average Bonchev–Trinajstić information content (AvgIpc) is 2.75. The van der Waals surface area contributed by atoms with Gasteiger partial charge in [-0.05, 0) is 23.8 Å². The number of rotatable bonds is 6. The Morgan fingerprint density at radius 3 is 2.29 bits per heavy atom. The summed E-state index contributed by atoms with van der Waals surface area (Å²) >= 11 is 12.0. The Hall–Kier alpha value is -2.33. The summed E-state index contributed by atoms with van der Waals surface area (Å²) in [5.41, 5.74) is 6.12. The van der Waals surface area contributed by atoms with Gasteiger partial charge in [0.2, 0.25) is 15.9 Å². The maximum atomic E-state index is 13.0. The first-order valence-corrected chi connectivity index (χ1v) is 11.7. The molecule has 1 aliphatic rings. The van der Waals surface area contributed by atoms with Crippen LogP contribution in [0, 0.1) is 0 Å². The number of nitrogens with zero attached hydrogens (tertiary/aromatic N) is 2. The quantitative estimate of drug-likeness (QED) is 0.653. The van der Waals surface area contributed by atoms with Gasteiger partial charge in [0, 0.05) is 37.6 Å². The Bertz CT molecular complexity index is 1060. The van der Waals surface area contributed by atoms with Gasteiger partial charge < -0.3 is 16.0 Å². The zero-order chi connectivity index (χ0) is 22.6. The fraction of sp³-hybridized carbons (Fsp3) is 0.300. The first kappa shape index (κ1) is 23.3. The monoisotopic (exact) mass is 484 g/mol. The lowest BCUT2D eigenvalue weighted by Gasteiger charge is -2.36. The Labute approximate surface area is 191 Å². The Morgan fingerprint density at radius 2 is 1.68 bits per heavy atom. The van der Waals surface area contributed by atoms with E-state index in [4.69, 9.17) is 28.9 Å². The summed E-state index contributed by atoms with van der Waals surface area (Å²) < 4.78 is 27.2. The molecular formula is C20H22Cl2N4O4S. The number of hydrogen-bond acceptors (Lipinski definition) is 4. The van der Waals surface area contributed by atoms with Crippen molar-refractivity contribution < 1.29 is 18.0 Å². The van der Waals surface area contributed by atoms with Gasteiger partial charge in [-0.15, -0.1) is 0 Å². The predicted molar refractivity (Wildman–Crippen MR) is 118 cm³/mol. The molecule has 0 saturated carbocycles. The number of benzene rings is 2. The number of carbonyl (C=O) groups excluding carboxylic acids is 2. The highest BCUT2D eigenvalue weighted by atomic mass is 35.5. The second kappa shape index (κ2) is 9.86. The fourth-order valence-electron chi connectivity index (χ4n) is 3.40. The minimum atomic E-state index is -3.86. The zero-order valence-corrected chi connectivity index (χ0v) is 18.8. The van der Waals surface area contributed by atoms with Gasteiger partial charge in [-0.2, -0.15) is 4.31 Å². The predicted octanol–water partition coefficient (Wildman–Crippen LogP) is 2.11. The highest BCUT2D eigenvalue weighted by Gasteiger charge is 2.34. The van der Waals surface area contributed by atoms with E-state index >= 15 is 0 Å². The molecule has 1 aliphatic heterocycles. The second-order valence-corrected chi connectivity index (χ2v) is 9.81. The molecular weight excluding hydrogens is 463 g/mol. The summed E-state index contributed by atoms with van der Waals surface area (Å²) in [6.45, 7) is 0.515. The van der Waals surface area contributed by atoms with Gasteiger partial charge in [0.15, 0.2) is 0 Å². The van der Waals surface area contributed by atoms with Crippen LogP contribution in [0.25, 0.3) is 0 Å². The van der Waals surface area contributed by atoms with Crippen LogP contribution in [0.3, 0.4) is 0 Å². The maximum Gasteiger partial charge on any atom is 0.312 e. The molecule has 0 bridgehead atoms. The lowest BCUT2D eigenvalue weighted by molar-refractivity contribution is -0.134. The molecule has 0 aliphatic carbocycles. The number of carbonyl (C=O) groups is 2. The van der Waals surface area contributed by atoms with Crippen molar-refractivity contribution in [2.24, 2.45) is 5.73 Å². The number of piperazine rings is 1. The third-order valence-corrected chi connectivity index (χ3v) is 7.57. The van der Waals surface area contributed by atoms with E-state index in [1.54, 1.807) is 0 Å². The number of sulfonamides is 1. The standard InChI is InChI=1S/C20H22Cl2N4O4S/c21-15-6-7-16(22)18(13-15)31(29,30)26-10-8-25(9-11-26)19(27)17(24-20(23)28)12-14-4-2-1-3-5-14/h1-7,13,17H,8-12H2,(H3,23,24,28). The maximum absolute atomic E-state index is 13.0. The van der Waals surface area contributed by atoms with Crippen LogP contribution in [0.5, 0.6) is 0 Å². The van der Waals surface area contributed by atoms with E-state index in [-0.39, 0.29) is 53.4 Å². The van der Waals surface area contributed by atoms with Crippen LogP contribution in [0.1, 0.15) is 5.56 Å². The lowest BCUT2D eigenvalue weighted by Crippen LogP contribution is -2.56. The van der Waals surface area contributed by atoms with E-state index in [2.05, 4.69) is 5.32 Å². The summed E-state index contributed by atoms with van der Waals surface area (Å²) in [5.74, 6) is -0.319. The lowest BCUT2D eigenvalue weighted by atomic mass is 10.0. The third kappa shape index (κ3) is 5.68. The van der Waals surface area contributed by atoms with Crippen LogP contribution < -0.4 is 11.1 Å². The molecule has 8 nitrogen and oxygen atoms in total. The van der Waals surface area contributed by atoms with Gasteiger partial charge in [0.05, 0.1) is 5.02 Å². The van der Waals surface area contributed by atoms with Crippen molar-refractivity contribution in [2.45, 2.75) is 17.4 Å². The van der Waals surface area contributed by atoms with E-state index < -0.39 is 22.1 Å². The van der Waals surface area contributed by atoms with E-state index in [0.29, 0.717) is 0 Å². The number of nitrogens with one attached hydrogen (secondary N) is 1. The average molecular weight is 485 g/mol. The Kier molecular flexibility index (Phi) is 7.42. The summed E-state index contributed by atoms with van der Waals surface area (Å²) in [4.78, 5) is 25.9. The van der Waals surface area contributed by atoms with Crippen molar-refractivity contribution in [1.82, 2.24) is 14.5 Å². The second-order valence-electron chi connectivity index (χ2n) is 7.06. The number of halogens is 2. The van der Waals surface area contributed by atoms with Gasteiger partial charge in [-0.25, -0.2) is 13.2 Å². The molecule has 0 aromatic heterocycles. The fourth-order valence-corrected chi connectivity index (χ4v) is 5.56. The third-order valence-electron chi connectivity index (χ3n) is 4.96. The topological polar surface area (TPSA) is 113 Å². The van der Waals surface area contributed by atoms with Gasteiger partial charge in [-0.3, -0.25) is 4.79 Å². The van der Waals surface area contributed by atoms with Crippen LogP contribution >= 0.6 is 23.2 Å². The van der Waals surface area contributed by atoms with Crippen LogP contribution in [-0.4, -0.2) is 61.8 Å². The summed E-state index contributed by atoms with van der Waals surface area (Å²) in [6.07, 6.45) is 0.277. The molecule has 2 aromatic carbocycles. The molecule has 0 radical (unpaired) electrons. The summed E-state index contributed by atoms with van der Waals surface area (Å²) in [7, 11) is -3.86. The van der Waals surface area contributed by atoms with Crippen molar-refractivity contribution in [2.75, 3.05) is 26.2 Å². The summed E-state index contributed by atoms with van der Waals surface area (Å²) in [5, 5.41) is 2.83. The van der Waals surface area contributed by atoms with Crippen molar-refractivity contribution in [1.29, 1.82) is 0 Å². The van der Waals surface area contributed by atoms with Crippen LogP contribution in [0.15, 0.2) is 53.4 Å². The van der Waals surface area contributed by atoms with E-state index in [1.165, 1.54) is 27.4 Å². The first-order chi connectivity index (χ1) is 14.7. The van der Waals surface area contributed by atoms with Crippen LogP contribution in [-0.2, 0) is 21.2 Å². The van der Waals surface area contributed by atoms with Crippen LogP contribution in [0.2, 0.25) is 10.0 Å². The normalized spacial score (nSPS) is 16.0. The zero-order valence-electron chi connectivity index (χ0n) is 16.5. The van der Waals surface area contributed by atoms with Gasteiger partial charge in [-0.1, -0.05) is 53.5 Å². The number of primary amides is 1. The van der Waals surface area contributed by atoms with Crippen molar-refractivity contribution in [3.8, 4) is 0 Å². The molecule has 1 fully saturated rings. The first-order valence-electron chi connectivity index (χ1n) is 9.52. The molecule has 3 N–H and O–H groups in total. The van der Waals surface area contributed by atoms with Gasteiger partial charge in [0.1, 0.15) is 10.9 Å². The molecule has 31 heavy (non-hydrogen) atoms. The van der Waals surface area contributed by atoms with E-state index in [9.17, 15) is 18.0 Å².